The number of aromatic nitrogens is 3. The molecule has 0 saturated heterocycles. The highest BCUT2D eigenvalue weighted by Gasteiger charge is 2.19. The van der Waals surface area contributed by atoms with Crippen LogP contribution in [0.25, 0.3) is 28.0 Å². The van der Waals surface area contributed by atoms with Gasteiger partial charge in [-0.25, -0.2) is 14.6 Å². The number of hydrogen-bond donors (Lipinski definition) is 2. The summed E-state index contributed by atoms with van der Waals surface area (Å²) in [5.41, 5.74) is 4.94. The molecule has 0 aliphatic carbocycles. The average molecular weight is 593 g/mol. The maximum absolute atomic E-state index is 13.8. The molecule has 3 aromatic carbocycles. The molecule has 0 spiro atoms. The van der Waals surface area contributed by atoms with Crippen molar-refractivity contribution in [3.8, 4) is 22.8 Å². The predicted molar refractivity (Wildman–Crippen MR) is 169 cm³/mol. The van der Waals surface area contributed by atoms with E-state index in [0.29, 0.717) is 33.7 Å². The van der Waals surface area contributed by atoms with Gasteiger partial charge in [-0.1, -0.05) is 26.0 Å². The molecule has 44 heavy (non-hydrogen) atoms. The monoisotopic (exact) mass is 592 g/mol. The zero-order chi connectivity index (χ0) is 31.9. The Morgan fingerprint density at radius 1 is 0.955 bits per heavy atom. The lowest BCUT2D eigenvalue weighted by atomic mass is 9.96. The number of benzene rings is 3. The SMILES string of the molecule is COc1cc(C)c(-c2nc3ccccc3c(=O)n2N=Cc2cc(C)n(-c3cc(C(=O)O)cc(C(=O)O)c3)c2C)cc1C(C)C. The van der Waals surface area contributed by atoms with E-state index in [2.05, 4.69) is 18.9 Å². The van der Waals surface area contributed by atoms with Crippen LogP contribution in [0.4, 0.5) is 0 Å². The second-order valence-corrected chi connectivity index (χ2v) is 10.9. The molecule has 0 amide bonds. The number of carbonyl (C=O) groups is 2. The summed E-state index contributed by atoms with van der Waals surface area (Å²) in [4.78, 5) is 42.2. The molecule has 0 unspecified atom stereocenters. The van der Waals surface area contributed by atoms with Gasteiger partial charge in [0.25, 0.3) is 5.56 Å². The molecule has 5 rings (SSSR count). The molecule has 224 valence electrons. The Bertz CT molecular complexity index is 2020. The maximum atomic E-state index is 13.8. The van der Waals surface area contributed by atoms with Gasteiger partial charge in [-0.15, -0.1) is 0 Å². The number of carboxylic acid groups (broad SMARTS) is 2. The lowest BCUT2D eigenvalue weighted by Crippen LogP contribution is -2.21. The molecule has 5 aromatic rings. The van der Waals surface area contributed by atoms with Crippen molar-refractivity contribution in [2.75, 3.05) is 7.11 Å². The number of aryl methyl sites for hydroxylation is 2. The van der Waals surface area contributed by atoms with Crippen LogP contribution >= 0.6 is 0 Å². The summed E-state index contributed by atoms with van der Waals surface area (Å²) in [6.45, 7) is 9.70. The van der Waals surface area contributed by atoms with Gasteiger partial charge in [0, 0.05) is 28.2 Å². The molecule has 0 atom stereocenters. The molecule has 0 aliphatic heterocycles. The third-order valence-electron chi connectivity index (χ3n) is 7.65. The minimum Gasteiger partial charge on any atom is -0.496 e. The van der Waals surface area contributed by atoms with Gasteiger partial charge < -0.3 is 19.5 Å². The quantitative estimate of drug-likeness (QED) is 0.205. The van der Waals surface area contributed by atoms with E-state index in [0.717, 1.165) is 34.2 Å². The third kappa shape index (κ3) is 5.37. The third-order valence-corrected chi connectivity index (χ3v) is 7.65. The number of nitrogens with zero attached hydrogens (tertiary/aromatic N) is 4. The van der Waals surface area contributed by atoms with Gasteiger partial charge in [-0.2, -0.15) is 9.78 Å². The van der Waals surface area contributed by atoms with E-state index in [4.69, 9.17) is 9.72 Å². The summed E-state index contributed by atoms with van der Waals surface area (Å²) in [6, 6.07) is 16.8. The van der Waals surface area contributed by atoms with E-state index in [9.17, 15) is 24.6 Å². The first kappa shape index (κ1) is 30.0. The van der Waals surface area contributed by atoms with Crippen molar-refractivity contribution in [2.24, 2.45) is 5.10 Å². The van der Waals surface area contributed by atoms with Crippen LogP contribution in [0.5, 0.6) is 5.75 Å². The minimum absolute atomic E-state index is 0.142. The molecule has 2 heterocycles. The second kappa shape index (κ2) is 11.6. The highest BCUT2D eigenvalue weighted by molar-refractivity contribution is 5.95. The Balaban J connectivity index is 1.70. The number of aromatic carboxylic acids is 2. The van der Waals surface area contributed by atoms with Crippen LogP contribution in [-0.2, 0) is 0 Å². The first-order chi connectivity index (χ1) is 20.9. The average Bonchev–Trinajstić information content (AvgIpc) is 3.28. The molecule has 2 N–H and O–H groups in total. The summed E-state index contributed by atoms with van der Waals surface area (Å²) < 4.78 is 8.67. The van der Waals surface area contributed by atoms with E-state index in [1.54, 1.807) is 36.1 Å². The largest absolute Gasteiger partial charge is 0.496 e. The van der Waals surface area contributed by atoms with Gasteiger partial charge in [0.15, 0.2) is 5.82 Å². The molecule has 0 fully saturated rings. The highest BCUT2D eigenvalue weighted by Crippen LogP contribution is 2.34. The maximum Gasteiger partial charge on any atom is 0.335 e. The number of fused-ring (bicyclic) bond motifs is 1. The number of carboxylic acids is 2. The summed E-state index contributed by atoms with van der Waals surface area (Å²) in [5.74, 6) is -1.18. The summed E-state index contributed by atoms with van der Waals surface area (Å²) in [5, 5.41) is 24.2. The fraction of sp³-hybridized carbons (Fsp3) is 0.206. The van der Waals surface area contributed by atoms with Gasteiger partial charge in [-0.05, 0) is 86.3 Å². The first-order valence-electron chi connectivity index (χ1n) is 14.0. The molecular weight excluding hydrogens is 560 g/mol. The Labute approximate surface area is 253 Å². The van der Waals surface area contributed by atoms with Crippen LogP contribution in [0.15, 0.2) is 70.6 Å². The topological polar surface area (TPSA) is 136 Å². The standard InChI is InChI=1S/C34H32N4O6/c1-18(2)27-16-28(19(3)11-30(27)44-6)31-36-29-10-8-7-9-26(29)32(39)38(31)35-17-24-12-20(4)37(21(24)5)25-14-22(33(40)41)13-23(15-25)34(42)43/h7-18H,1-6H3,(H,40,41)(H,42,43). The first-order valence-corrected chi connectivity index (χ1v) is 14.0. The zero-order valence-corrected chi connectivity index (χ0v) is 25.2. The Morgan fingerprint density at radius 2 is 1.61 bits per heavy atom. The lowest BCUT2D eigenvalue weighted by molar-refractivity contribution is 0.0696. The smallest absolute Gasteiger partial charge is 0.335 e. The van der Waals surface area contributed by atoms with Gasteiger partial charge in [0.2, 0.25) is 0 Å². The number of hydrogen-bond acceptors (Lipinski definition) is 6. The van der Waals surface area contributed by atoms with Gasteiger partial charge in [-0.3, -0.25) is 4.79 Å². The molecule has 0 aliphatic rings. The van der Waals surface area contributed by atoms with Crippen molar-refractivity contribution in [1.82, 2.24) is 14.2 Å². The zero-order valence-electron chi connectivity index (χ0n) is 25.2. The van der Waals surface area contributed by atoms with Crippen LogP contribution in [0, 0.1) is 20.8 Å². The highest BCUT2D eigenvalue weighted by atomic mass is 16.5. The van der Waals surface area contributed by atoms with Crippen molar-refractivity contribution in [1.29, 1.82) is 0 Å². The second-order valence-electron chi connectivity index (χ2n) is 10.9. The number of methoxy groups -OCH3 is 1. The number of ether oxygens (including phenoxy) is 1. The normalized spacial score (nSPS) is 11.5. The van der Waals surface area contributed by atoms with Crippen molar-refractivity contribution in [2.45, 2.75) is 40.5 Å². The van der Waals surface area contributed by atoms with Crippen molar-refractivity contribution in [3.63, 3.8) is 0 Å². The van der Waals surface area contributed by atoms with Gasteiger partial charge >= 0.3 is 11.9 Å². The number of para-hydroxylation sites is 1. The van der Waals surface area contributed by atoms with Crippen molar-refractivity contribution in [3.05, 3.63) is 110 Å². The molecule has 10 nitrogen and oxygen atoms in total. The molecule has 2 aromatic heterocycles. The van der Waals surface area contributed by atoms with Crippen LogP contribution in [0.2, 0.25) is 0 Å². The predicted octanol–water partition coefficient (Wildman–Crippen LogP) is 6.19. The van der Waals surface area contributed by atoms with Crippen LogP contribution in [0.3, 0.4) is 0 Å². The van der Waals surface area contributed by atoms with Gasteiger partial charge in [0.1, 0.15) is 5.75 Å². The summed E-state index contributed by atoms with van der Waals surface area (Å²) in [7, 11) is 1.63. The summed E-state index contributed by atoms with van der Waals surface area (Å²) >= 11 is 0. The van der Waals surface area contributed by atoms with E-state index in [1.807, 2.05) is 45.0 Å². The minimum atomic E-state index is -1.23. The molecule has 0 saturated carbocycles. The molecule has 0 bridgehead atoms. The number of rotatable bonds is 8. The van der Waals surface area contributed by atoms with Crippen LogP contribution < -0.4 is 10.3 Å². The van der Waals surface area contributed by atoms with E-state index in [-0.39, 0.29) is 22.6 Å². The molecule has 10 heteroatoms. The van der Waals surface area contributed by atoms with Crippen LogP contribution in [-0.4, -0.2) is 49.7 Å². The van der Waals surface area contributed by atoms with E-state index >= 15 is 0 Å². The van der Waals surface area contributed by atoms with Crippen LogP contribution in [0.1, 0.15) is 68.6 Å². The molecule has 0 radical (unpaired) electrons. The van der Waals surface area contributed by atoms with E-state index in [1.165, 1.54) is 16.8 Å². The fourth-order valence-corrected chi connectivity index (χ4v) is 5.40. The Morgan fingerprint density at radius 3 is 2.23 bits per heavy atom. The Hall–Kier alpha value is -5.51. The molecular formula is C34H32N4O6. The fourth-order valence-electron chi connectivity index (χ4n) is 5.40. The lowest BCUT2D eigenvalue weighted by Gasteiger charge is -2.17. The van der Waals surface area contributed by atoms with Crippen molar-refractivity contribution >= 4 is 29.1 Å². The van der Waals surface area contributed by atoms with E-state index < -0.39 is 11.9 Å². The van der Waals surface area contributed by atoms with Gasteiger partial charge in [0.05, 0.1) is 35.4 Å². The van der Waals surface area contributed by atoms with Crippen molar-refractivity contribution < 1.29 is 24.5 Å². The summed E-state index contributed by atoms with van der Waals surface area (Å²) in [6.07, 6.45) is 1.56. The Kier molecular flexibility index (Phi) is 7.93.